The number of aryl methyl sites for hydroxylation is 2. The minimum Gasteiger partial charge on any atom is -0.339 e. The molecule has 1 aliphatic heterocycles. The lowest BCUT2D eigenvalue weighted by atomic mass is 9.91. The van der Waals surface area contributed by atoms with E-state index in [9.17, 15) is 13.2 Å². The van der Waals surface area contributed by atoms with Gasteiger partial charge in [0.25, 0.3) is 10.0 Å². The molecule has 28 heavy (non-hydrogen) atoms. The van der Waals surface area contributed by atoms with Gasteiger partial charge < -0.3 is 4.90 Å². The number of rotatable bonds is 4. The minimum absolute atomic E-state index is 0.147. The number of benzene rings is 1. The number of carbonyl (C=O) groups is 1. The fraction of sp³-hybridized carbons (Fsp3) is 0.450. The summed E-state index contributed by atoms with van der Waals surface area (Å²) in [5.74, 6) is 0.147. The molecule has 1 aromatic carbocycles. The van der Waals surface area contributed by atoms with E-state index in [1.54, 1.807) is 12.1 Å². The molecule has 2 aromatic rings. The summed E-state index contributed by atoms with van der Waals surface area (Å²) in [5, 5.41) is 0. The molecule has 2 aliphatic rings. The molecule has 0 N–H and O–H groups in total. The van der Waals surface area contributed by atoms with Crippen LogP contribution in [0.25, 0.3) is 0 Å². The van der Waals surface area contributed by atoms with Crippen molar-refractivity contribution in [2.75, 3.05) is 26.2 Å². The van der Waals surface area contributed by atoms with Crippen molar-refractivity contribution in [2.24, 2.45) is 0 Å². The molecule has 1 saturated heterocycles. The van der Waals surface area contributed by atoms with Gasteiger partial charge in [0.05, 0.1) is 9.20 Å². The molecule has 0 radical (unpaired) electrons. The Morgan fingerprint density at radius 1 is 1.04 bits per heavy atom. The number of thiophene rings is 1. The predicted octanol–water partition coefficient (Wildman–Crippen LogP) is 3.69. The zero-order chi connectivity index (χ0) is 20.1. The van der Waals surface area contributed by atoms with Gasteiger partial charge in [0.15, 0.2) is 0 Å². The van der Waals surface area contributed by atoms with E-state index in [0.717, 1.165) is 22.2 Å². The lowest BCUT2D eigenvalue weighted by Crippen LogP contribution is -2.52. The van der Waals surface area contributed by atoms with Gasteiger partial charge in [0.2, 0.25) is 5.91 Å². The van der Waals surface area contributed by atoms with Crippen molar-refractivity contribution in [3.63, 3.8) is 0 Å². The Balaban J connectivity index is 1.47. The molecular formula is C20H23BrN2O3S2. The van der Waals surface area contributed by atoms with Crippen molar-refractivity contribution in [2.45, 2.75) is 36.3 Å². The van der Waals surface area contributed by atoms with Crippen LogP contribution in [0.1, 0.15) is 29.5 Å². The first-order valence-corrected chi connectivity index (χ1v) is 12.4. The molecule has 0 bridgehead atoms. The van der Waals surface area contributed by atoms with Crippen LogP contribution in [0.2, 0.25) is 0 Å². The van der Waals surface area contributed by atoms with Crippen molar-refractivity contribution in [1.29, 1.82) is 0 Å². The third-order valence-electron chi connectivity index (χ3n) is 5.60. The molecule has 1 amide bonds. The van der Waals surface area contributed by atoms with Crippen molar-refractivity contribution in [3.8, 4) is 0 Å². The van der Waals surface area contributed by atoms with Crippen LogP contribution in [-0.2, 0) is 20.2 Å². The van der Waals surface area contributed by atoms with Gasteiger partial charge in [-0.3, -0.25) is 4.79 Å². The third-order valence-corrected chi connectivity index (χ3v) is 9.59. The molecular weight excluding hydrogens is 460 g/mol. The highest BCUT2D eigenvalue weighted by Crippen LogP contribution is 2.50. The fourth-order valence-electron chi connectivity index (χ4n) is 4.00. The van der Waals surface area contributed by atoms with Crippen LogP contribution in [0.5, 0.6) is 0 Å². The molecule has 0 atom stereocenters. The fourth-order valence-corrected chi connectivity index (χ4v) is 7.59. The first kappa shape index (κ1) is 20.1. The lowest BCUT2D eigenvalue weighted by molar-refractivity contribution is -0.135. The maximum Gasteiger partial charge on any atom is 0.252 e. The number of nitrogens with zero attached hydrogens (tertiary/aromatic N) is 2. The summed E-state index contributed by atoms with van der Waals surface area (Å²) in [6, 6.07) is 9.73. The van der Waals surface area contributed by atoms with Gasteiger partial charge >= 0.3 is 0 Å². The van der Waals surface area contributed by atoms with Crippen LogP contribution in [-0.4, -0.2) is 49.7 Å². The monoisotopic (exact) mass is 482 g/mol. The summed E-state index contributed by atoms with van der Waals surface area (Å²) >= 11 is 4.54. The molecule has 0 spiro atoms. The minimum atomic E-state index is -3.49. The number of hydrogen-bond acceptors (Lipinski definition) is 4. The number of halogens is 1. The van der Waals surface area contributed by atoms with E-state index in [0.29, 0.717) is 30.4 Å². The summed E-state index contributed by atoms with van der Waals surface area (Å²) in [4.78, 5) is 15.1. The molecule has 1 aliphatic carbocycles. The zero-order valence-electron chi connectivity index (χ0n) is 15.9. The van der Waals surface area contributed by atoms with Crippen molar-refractivity contribution in [1.82, 2.24) is 9.21 Å². The molecule has 150 valence electrons. The molecule has 2 fully saturated rings. The normalized spacial score (nSPS) is 19.6. The van der Waals surface area contributed by atoms with Gasteiger partial charge in [-0.05, 0) is 60.3 Å². The van der Waals surface area contributed by atoms with E-state index in [-0.39, 0.29) is 5.91 Å². The van der Waals surface area contributed by atoms with Gasteiger partial charge in [-0.1, -0.05) is 29.3 Å². The highest BCUT2D eigenvalue weighted by molar-refractivity contribution is 9.11. The highest BCUT2D eigenvalue weighted by atomic mass is 79.9. The van der Waals surface area contributed by atoms with Crippen LogP contribution in [0.15, 0.2) is 38.3 Å². The Hall–Kier alpha value is -1.22. The molecule has 2 heterocycles. The number of carbonyl (C=O) groups excluding carboxylic acids is 1. The molecule has 1 aromatic heterocycles. The van der Waals surface area contributed by atoms with Gasteiger partial charge in [0, 0.05) is 26.2 Å². The Labute approximate surface area is 178 Å². The number of sulfonamides is 1. The highest BCUT2D eigenvalue weighted by Gasteiger charge is 2.53. The Bertz CT molecular complexity index is 1000. The first-order valence-electron chi connectivity index (χ1n) is 9.36. The Kier molecular flexibility index (Phi) is 5.18. The van der Waals surface area contributed by atoms with Crippen LogP contribution >= 0.6 is 27.3 Å². The SMILES string of the molecule is Cc1cc(C)cc(C2(C(=O)N3CCN(S(=O)(=O)c4ccc(Br)s4)CC3)CC2)c1. The average Bonchev–Trinajstić information content (AvgIpc) is 3.35. The molecule has 1 saturated carbocycles. The summed E-state index contributed by atoms with van der Waals surface area (Å²) in [7, 11) is -3.49. The third kappa shape index (κ3) is 3.56. The molecule has 8 heteroatoms. The van der Waals surface area contributed by atoms with Gasteiger partial charge in [-0.15, -0.1) is 11.3 Å². The van der Waals surface area contributed by atoms with Crippen LogP contribution in [0.3, 0.4) is 0 Å². The van der Waals surface area contributed by atoms with Crippen molar-refractivity contribution >= 4 is 43.2 Å². The summed E-state index contributed by atoms with van der Waals surface area (Å²) < 4.78 is 28.2. The van der Waals surface area contributed by atoms with Crippen molar-refractivity contribution in [3.05, 3.63) is 50.8 Å². The number of hydrogen-bond donors (Lipinski definition) is 0. The zero-order valence-corrected chi connectivity index (χ0v) is 19.2. The maximum absolute atomic E-state index is 13.3. The largest absolute Gasteiger partial charge is 0.339 e. The molecule has 0 unspecified atom stereocenters. The molecule has 4 rings (SSSR count). The van der Waals surface area contributed by atoms with Gasteiger partial charge in [-0.25, -0.2) is 8.42 Å². The quantitative estimate of drug-likeness (QED) is 0.667. The molecule has 5 nitrogen and oxygen atoms in total. The average molecular weight is 483 g/mol. The second-order valence-electron chi connectivity index (χ2n) is 7.71. The van der Waals surface area contributed by atoms with E-state index in [2.05, 4.69) is 48.0 Å². The van der Waals surface area contributed by atoms with Crippen LogP contribution in [0.4, 0.5) is 0 Å². The van der Waals surface area contributed by atoms with E-state index < -0.39 is 15.4 Å². The van der Waals surface area contributed by atoms with Gasteiger partial charge in [-0.2, -0.15) is 4.31 Å². The van der Waals surface area contributed by atoms with Gasteiger partial charge in [0.1, 0.15) is 4.21 Å². The number of amides is 1. The smallest absolute Gasteiger partial charge is 0.252 e. The summed E-state index contributed by atoms with van der Waals surface area (Å²) in [6.45, 7) is 5.68. The second kappa shape index (κ2) is 7.23. The van der Waals surface area contributed by atoms with E-state index >= 15 is 0 Å². The topological polar surface area (TPSA) is 57.7 Å². The van der Waals surface area contributed by atoms with Crippen LogP contribution < -0.4 is 0 Å². The Morgan fingerprint density at radius 3 is 2.14 bits per heavy atom. The van der Waals surface area contributed by atoms with Crippen LogP contribution in [0, 0.1) is 13.8 Å². The lowest BCUT2D eigenvalue weighted by Gasteiger charge is -2.36. The van der Waals surface area contributed by atoms with E-state index in [1.165, 1.54) is 26.8 Å². The summed E-state index contributed by atoms with van der Waals surface area (Å²) in [5.41, 5.74) is 3.05. The maximum atomic E-state index is 13.3. The van der Waals surface area contributed by atoms with E-state index in [4.69, 9.17) is 0 Å². The van der Waals surface area contributed by atoms with Crippen molar-refractivity contribution < 1.29 is 13.2 Å². The predicted molar refractivity (Wildman–Crippen MR) is 114 cm³/mol. The summed E-state index contributed by atoms with van der Waals surface area (Å²) in [6.07, 6.45) is 1.74. The first-order chi connectivity index (χ1) is 13.2. The second-order valence-corrected chi connectivity index (χ2v) is 12.3. The number of piperazine rings is 1. The standard InChI is InChI=1S/C20H23BrN2O3S2/c1-14-11-15(2)13-16(12-14)20(5-6-20)19(24)22-7-9-23(10-8-22)28(25,26)18-4-3-17(21)27-18/h3-4,11-13H,5-10H2,1-2H3. The Morgan fingerprint density at radius 2 is 1.64 bits per heavy atom. The van der Waals surface area contributed by atoms with E-state index in [1.807, 2.05) is 4.90 Å².